The largest absolute Gasteiger partial charge is 0.336 e. The fourth-order valence-corrected chi connectivity index (χ4v) is 2.78. The zero-order chi connectivity index (χ0) is 14.9. The van der Waals surface area contributed by atoms with Gasteiger partial charge in [-0.3, -0.25) is 4.79 Å². The van der Waals surface area contributed by atoms with E-state index in [1.165, 1.54) is 6.07 Å². The van der Waals surface area contributed by atoms with Crippen LogP contribution in [0.5, 0.6) is 0 Å². The van der Waals surface area contributed by atoms with Crippen molar-refractivity contribution in [3.63, 3.8) is 0 Å². The summed E-state index contributed by atoms with van der Waals surface area (Å²) in [6.45, 7) is 4.24. The Balaban J connectivity index is 2.50. The number of amides is 3. The summed E-state index contributed by atoms with van der Waals surface area (Å²) in [6, 6.07) is 4.26. The molecule has 0 saturated carbocycles. The molecule has 0 unspecified atom stereocenters. The Kier molecular flexibility index (Phi) is 4.25. The molecule has 108 valence electrons. The Hall–Kier alpha value is -1.26. The topological polar surface area (TPSA) is 49.4 Å². The summed E-state index contributed by atoms with van der Waals surface area (Å²) >= 11 is 12.0. The van der Waals surface area contributed by atoms with Crippen LogP contribution in [0, 0.1) is 5.41 Å². The number of carbonyl (C=O) groups is 2. The van der Waals surface area contributed by atoms with Crippen molar-refractivity contribution >= 4 is 40.8 Å². The van der Waals surface area contributed by atoms with Crippen LogP contribution in [0.4, 0.5) is 10.5 Å². The van der Waals surface area contributed by atoms with E-state index in [1.807, 2.05) is 13.8 Å². The van der Waals surface area contributed by atoms with Gasteiger partial charge in [-0.05, 0) is 31.0 Å². The van der Waals surface area contributed by atoms with E-state index in [4.69, 9.17) is 23.2 Å². The number of anilines is 1. The average molecular weight is 315 g/mol. The molecule has 0 bridgehead atoms. The van der Waals surface area contributed by atoms with Gasteiger partial charge in [-0.15, -0.1) is 0 Å². The second-order valence-electron chi connectivity index (χ2n) is 4.88. The lowest BCUT2D eigenvalue weighted by Crippen LogP contribution is -2.60. The maximum Gasteiger partial charge on any atom is 0.328 e. The van der Waals surface area contributed by atoms with Crippen LogP contribution in [0.25, 0.3) is 0 Å². The SMILES string of the molecule is CCC1(CC)CNC(=O)N(c2cc(Cl)ccc2Cl)C1=O. The van der Waals surface area contributed by atoms with E-state index >= 15 is 0 Å². The quantitative estimate of drug-likeness (QED) is 0.921. The molecule has 6 heteroatoms. The van der Waals surface area contributed by atoms with Gasteiger partial charge in [0, 0.05) is 11.6 Å². The van der Waals surface area contributed by atoms with Gasteiger partial charge < -0.3 is 5.32 Å². The van der Waals surface area contributed by atoms with Gasteiger partial charge in [-0.1, -0.05) is 37.0 Å². The number of rotatable bonds is 3. The summed E-state index contributed by atoms with van der Waals surface area (Å²) in [7, 11) is 0. The summed E-state index contributed by atoms with van der Waals surface area (Å²) in [4.78, 5) is 25.9. The van der Waals surface area contributed by atoms with Crippen LogP contribution < -0.4 is 10.2 Å². The molecule has 1 fully saturated rings. The molecule has 3 amide bonds. The van der Waals surface area contributed by atoms with Crippen LogP contribution in [-0.4, -0.2) is 18.5 Å². The number of nitrogens with one attached hydrogen (secondary N) is 1. The standard InChI is InChI=1S/C14H16Cl2N2O2/c1-3-14(4-2)8-17-13(20)18(12(14)19)11-7-9(15)5-6-10(11)16/h5-7H,3-4,8H2,1-2H3,(H,17,20). The first-order valence-corrected chi connectivity index (χ1v) is 7.28. The summed E-state index contributed by atoms with van der Waals surface area (Å²) in [5.41, 5.74) is -0.257. The second kappa shape index (κ2) is 5.62. The van der Waals surface area contributed by atoms with Crippen LogP contribution in [0.2, 0.25) is 10.0 Å². The molecule has 1 heterocycles. The fraction of sp³-hybridized carbons (Fsp3) is 0.429. The third kappa shape index (κ3) is 2.38. The monoisotopic (exact) mass is 314 g/mol. The molecule has 1 aromatic rings. The van der Waals surface area contributed by atoms with Gasteiger partial charge in [0.05, 0.1) is 16.1 Å². The van der Waals surface area contributed by atoms with Gasteiger partial charge in [0.25, 0.3) is 0 Å². The van der Waals surface area contributed by atoms with Crippen LogP contribution in [0.3, 0.4) is 0 Å². The summed E-state index contributed by atoms with van der Waals surface area (Å²) in [6.07, 6.45) is 1.30. The van der Waals surface area contributed by atoms with Crippen molar-refractivity contribution in [2.75, 3.05) is 11.4 Å². The van der Waals surface area contributed by atoms with Crippen molar-refractivity contribution < 1.29 is 9.59 Å². The van der Waals surface area contributed by atoms with Gasteiger partial charge in [0.15, 0.2) is 0 Å². The van der Waals surface area contributed by atoms with E-state index in [9.17, 15) is 9.59 Å². The molecule has 0 spiro atoms. The Bertz CT molecular complexity index is 556. The lowest BCUT2D eigenvalue weighted by Gasteiger charge is -2.40. The molecule has 4 nitrogen and oxygen atoms in total. The van der Waals surface area contributed by atoms with E-state index in [2.05, 4.69) is 5.32 Å². The lowest BCUT2D eigenvalue weighted by atomic mass is 9.79. The normalized spacial score (nSPS) is 18.1. The third-order valence-electron chi connectivity index (χ3n) is 3.94. The summed E-state index contributed by atoms with van der Waals surface area (Å²) in [5.74, 6) is -0.226. The molecule has 1 saturated heterocycles. The maximum absolute atomic E-state index is 12.7. The highest BCUT2D eigenvalue weighted by Gasteiger charge is 2.45. The first kappa shape index (κ1) is 15.1. The van der Waals surface area contributed by atoms with Crippen molar-refractivity contribution in [2.45, 2.75) is 26.7 Å². The third-order valence-corrected chi connectivity index (χ3v) is 4.50. The van der Waals surface area contributed by atoms with Crippen molar-refractivity contribution in [2.24, 2.45) is 5.41 Å². The molecule has 1 aliphatic heterocycles. The van der Waals surface area contributed by atoms with Gasteiger partial charge in [0.1, 0.15) is 0 Å². The Morgan fingerprint density at radius 3 is 2.50 bits per heavy atom. The smallest absolute Gasteiger partial charge is 0.328 e. The van der Waals surface area contributed by atoms with Crippen LogP contribution in [0.1, 0.15) is 26.7 Å². The molecular formula is C14H16Cl2N2O2. The second-order valence-corrected chi connectivity index (χ2v) is 5.73. The van der Waals surface area contributed by atoms with Crippen LogP contribution in [0.15, 0.2) is 18.2 Å². The van der Waals surface area contributed by atoms with Crippen LogP contribution in [-0.2, 0) is 4.79 Å². The highest BCUT2D eigenvalue weighted by atomic mass is 35.5. The molecule has 0 aliphatic carbocycles. The number of benzene rings is 1. The summed E-state index contributed by atoms with van der Waals surface area (Å²) < 4.78 is 0. The number of carbonyl (C=O) groups excluding carboxylic acids is 2. The highest BCUT2D eigenvalue weighted by molar-refractivity contribution is 6.37. The van der Waals surface area contributed by atoms with Gasteiger partial charge in [-0.2, -0.15) is 0 Å². The Morgan fingerprint density at radius 1 is 1.25 bits per heavy atom. The number of imide groups is 1. The fourth-order valence-electron chi connectivity index (χ4n) is 2.41. The minimum Gasteiger partial charge on any atom is -0.336 e. The molecule has 1 aromatic carbocycles. The van der Waals surface area contributed by atoms with Crippen molar-refractivity contribution in [3.8, 4) is 0 Å². The van der Waals surface area contributed by atoms with E-state index < -0.39 is 11.4 Å². The van der Waals surface area contributed by atoms with E-state index in [0.29, 0.717) is 35.1 Å². The average Bonchev–Trinajstić information content (AvgIpc) is 2.44. The highest BCUT2D eigenvalue weighted by Crippen LogP contribution is 2.37. The van der Waals surface area contributed by atoms with E-state index in [-0.39, 0.29) is 5.91 Å². The number of halogens is 2. The Labute approximate surface area is 128 Å². The number of hydrogen-bond donors (Lipinski definition) is 1. The zero-order valence-corrected chi connectivity index (χ0v) is 12.9. The molecular weight excluding hydrogens is 299 g/mol. The van der Waals surface area contributed by atoms with Crippen molar-refractivity contribution in [1.82, 2.24) is 5.32 Å². The molecule has 1 aliphatic rings. The first-order valence-electron chi connectivity index (χ1n) is 6.52. The van der Waals surface area contributed by atoms with Gasteiger partial charge in [0.2, 0.25) is 5.91 Å². The van der Waals surface area contributed by atoms with Gasteiger partial charge >= 0.3 is 6.03 Å². The predicted molar refractivity (Wildman–Crippen MR) is 80.4 cm³/mol. The first-order chi connectivity index (χ1) is 9.45. The molecule has 20 heavy (non-hydrogen) atoms. The molecule has 0 radical (unpaired) electrons. The molecule has 1 N–H and O–H groups in total. The van der Waals surface area contributed by atoms with Crippen LogP contribution >= 0.6 is 23.2 Å². The van der Waals surface area contributed by atoms with Crippen molar-refractivity contribution in [3.05, 3.63) is 28.2 Å². The molecule has 0 aromatic heterocycles. The number of hydrogen-bond acceptors (Lipinski definition) is 2. The molecule has 0 atom stereocenters. The maximum atomic E-state index is 12.7. The summed E-state index contributed by atoms with van der Waals surface area (Å²) in [5, 5.41) is 3.51. The minimum absolute atomic E-state index is 0.226. The lowest BCUT2D eigenvalue weighted by molar-refractivity contribution is -0.128. The Morgan fingerprint density at radius 2 is 1.90 bits per heavy atom. The van der Waals surface area contributed by atoms with Crippen molar-refractivity contribution in [1.29, 1.82) is 0 Å². The molecule has 2 rings (SSSR count). The predicted octanol–water partition coefficient (Wildman–Crippen LogP) is 3.86. The zero-order valence-electron chi connectivity index (χ0n) is 11.4. The number of nitrogens with zero attached hydrogens (tertiary/aromatic N) is 1. The number of urea groups is 1. The minimum atomic E-state index is -0.584. The van der Waals surface area contributed by atoms with E-state index in [0.717, 1.165) is 4.90 Å². The van der Waals surface area contributed by atoms with E-state index in [1.54, 1.807) is 12.1 Å². The van der Waals surface area contributed by atoms with Gasteiger partial charge in [-0.25, -0.2) is 9.69 Å².